The number of unbranched alkanes of at least 4 members (excludes halogenated alkanes) is 8. The number of esters is 1. The SMILES string of the molecule is CCCCCCCCCCc1cnc(-c2ccc([C@H]3CC[C@H](OC(=O)[C@@H](F)CCCC)CC3)cc2)nc1. The lowest BCUT2D eigenvalue weighted by atomic mass is 9.82. The van der Waals surface area contributed by atoms with E-state index < -0.39 is 12.1 Å². The molecular weight excluding hydrogens is 463 g/mol. The van der Waals surface area contributed by atoms with Gasteiger partial charge in [0.2, 0.25) is 0 Å². The molecule has 0 bridgehead atoms. The molecule has 2 aromatic rings. The van der Waals surface area contributed by atoms with Crippen molar-refractivity contribution in [2.45, 2.75) is 135 Å². The van der Waals surface area contributed by atoms with Crippen molar-refractivity contribution in [3.8, 4) is 11.4 Å². The van der Waals surface area contributed by atoms with Crippen LogP contribution in [0.3, 0.4) is 0 Å². The number of aromatic nitrogens is 2. The molecule has 4 nitrogen and oxygen atoms in total. The van der Waals surface area contributed by atoms with Crippen molar-refractivity contribution in [2.24, 2.45) is 0 Å². The minimum atomic E-state index is -1.48. The summed E-state index contributed by atoms with van der Waals surface area (Å²) in [4.78, 5) is 21.2. The lowest BCUT2D eigenvalue weighted by Gasteiger charge is -2.29. The normalized spacial score (nSPS) is 18.5. The highest BCUT2D eigenvalue weighted by molar-refractivity contribution is 5.74. The summed E-state index contributed by atoms with van der Waals surface area (Å²) in [5.41, 5.74) is 3.55. The number of benzene rings is 1. The minimum absolute atomic E-state index is 0.152. The summed E-state index contributed by atoms with van der Waals surface area (Å²) in [6.07, 6.45) is 19.4. The highest BCUT2D eigenvalue weighted by Gasteiger charge is 2.27. The Morgan fingerprint density at radius 3 is 2.08 bits per heavy atom. The molecule has 0 amide bonds. The Morgan fingerprint density at radius 1 is 0.865 bits per heavy atom. The average molecular weight is 511 g/mol. The molecule has 1 aromatic carbocycles. The first-order valence-corrected chi connectivity index (χ1v) is 14.9. The third-order valence-electron chi connectivity index (χ3n) is 7.69. The number of aryl methyl sites for hydroxylation is 1. The first kappa shape index (κ1) is 29.3. The van der Waals surface area contributed by atoms with Crippen LogP contribution in [0.1, 0.15) is 127 Å². The predicted molar refractivity (Wildman–Crippen MR) is 149 cm³/mol. The van der Waals surface area contributed by atoms with E-state index in [0.717, 1.165) is 49.9 Å². The zero-order chi connectivity index (χ0) is 26.3. The maximum Gasteiger partial charge on any atom is 0.340 e. The van der Waals surface area contributed by atoms with Gasteiger partial charge in [-0.25, -0.2) is 19.2 Å². The van der Waals surface area contributed by atoms with Crippen molar-refractivity contribution < 1.29 is 13.9 Å². The molecule has 37 heavy (non-hydrogen) atoms. The fourth-order valence-corrected chi connectivity index (χ4v) is 5.25. The van der Waals surface area contributed by atoms with Crippen LogP contribution in [0.5, 0.6) is 0 Å². The number of nitrogens with zero attached hydrogens (tertiary/aromatic N) is 2. The minimum Gasteiger partial charge on any atom is -0.460 e. The number of carbonyl (C=O) groups is 1. The highest BCUT2D eigenvalue weighted by atomic mass is 19.1. The molecule has 1 aliphatic carbocycles. The summed E-state index contributed by atoms with van der Waals surface area (Å²) in [5, 5.41) is 0. The van der Waals surface area contributed by atoms with Crippen molar-refractivity contribution >= 4 is 5.97 Å². The average Bonchev–Trinajstić information content (AvgIpc) is 2.94. The summed E-state index contributed by atoms with van der Waals surface area (Å²) in [6, 6.07) is 8.56. The van der Waals surface area contributed by atoms with E-state index >= 15 is 0 Å². The molecular formula is C32H47FN2O2. The fourth-order valence-electron chi connectivity index (χ4n) is 5.25. The van der Waals surface area contributed by atoms with Gasteiger partial charge in [-0.3, -0.25) is 0 Å². The van der Waals surface area contributed by atoms with Crippen LogP contribution in [-0.2, 0) is 16.0 Å². The van der Waals surface area contributed by atoms with Crippen LogP contribution >= 0.6 is 0 Å². The summed E-state index contributed by atoms with van der Waals surface area (Å²) in [5.74, 6) is 0.538. The van der Waals surface area contributed by atoms with Crippen molar-refractivity contribution in [1.29, 1.82) is 0 Å². The first-order valence-electron chi connectivity index (χ1n) is 14.9. The third kappa shape index (κ3) is 10.2. The summed E-state index contributed by atoms with van der Waals surface area (Å²) < 4.78 is 19.4. The van der Waals surface area contributed by atoms with Gasteiger partial charge in [-0.1, -0.05) is 95.9 Å². The Morgan fingerprint density at radius 2 is 1.46 bits per heavy atom. The van der Waals surface area contributed by atoms with Gasteiger partial charge < -0.3 is 4.74 Å². The Kier molecular flexibility index (Phi) is 13.1. The van der Waals surface area contributed by atoms with E-state index in [1.165, 1.54) is 62.5 Å². The number of rotatable bonds is 16. The smallest absolute Gasteiger partial charge is 0.340 e. The zero-order valence-electron chi connectivity index (χ0n) is 23.1. The molecule has 0 saturated heterocycles. The van der Waals surface area contributed by atoms with E-state index in [4.69, 9.17) is 4.74 Å². The van der Waals surface area contributed by atoms with E-state index in [-0.39, 0.29) is 12.5 Å². The van der Waals surface area contributed by atoms with Gasteiger partial charge in [-0.05, 0) is 62.0 Å². The molecule has 0 aliphatic heterocycles. The van der Waals surface area contributed by atoms with E-state index in [1.54, 1.807) is 0 Å². The van der Waals surface area contributed by atoms with Crippen LogP contribution in [0.2, 0.25) is 0 Å². The molecule has 0 radical (unpaired) electrons. The molecule has 1 saturated carbocycles. The van der Waals surface area contributed by atoms with Gasteiger partial charge in [0.05, 0.1) is 0 Å². The van der Waals surface area contributed by atoms with Crippen LogP contribution in [0, 0.1) is 0 Å². The van der Waals surface area contributed by atoms with E-state index in [9.17, 15) is 9.18 Å². The van der Waals surface area contributed by atoms with Crippen LogP contribution in [0.4, 0.5) is 4.39 Å². The fraction of sp³-hybridized carbons (Fsp3) is 0.656. The standard InChI is InChI=1S/C32H47FN2O2/c1-3-5-7-8-9-10-11-12-13-25-23-34-31(35-24-25)28-17-15-26(16-18-28)27-19-21-29(22-20-27)37-32(36)30(33)14-6-4-2/h15-18,23-24,27,29-30H,3-14,19-22H2,1-2H3/t27-,29-,30-/m0/s1. The zero-order valence-corrected chi connectivity index (χ0v) is 23.1. The van der Waals surface area contributed by atoms with Crippen molar-refractivity contribution in [3.05, 3.63) is 47.8 Å². The number of hydrogen-bond donors (Lipinski definition) is 0. The number of carbonyl (C=O) groups excluding carboxylic acids is 1. The van der Waals surface area contributed by atoms with Crippen molar-refractivity contribution in [3.63, 3.8) is 0 Å². The highest BCUT2D eigenvalue weighted by Crippen LogP contribution is 2.35. The van der Waals surface area contributed by atoms with Crippen LogP contribution < -0.4 is 0 Å². The maximum absolute atomic E-state index is 13.9. The van der Waals surface area contributed by atoms with Crippen molar-refractivity contribution in [1.82, 2.24) is 9.97 Å². The van der Waals surface area contributed by atoms with E-state index in [2.05, 4.69) is 41.2 Å². The van der Waals surface area contributed by atoms with Crippen molar-refractivity contribution in [2.75, 3.05) is 0 Å². The second-order valence-electron chi connectivity index (χ2n) is 10.8. The summed E-state index contributed by atoms with van der Waals surface area (Å²) in [6.45, 7) is 4.26. The Labute approximate surface area is 223 Å². The molecule has 1 aromatic heterocycles. The first-order chi connectivity index (χ1) is 18.1. The third-order valence-corrected chi connectivity index (χ3v) is 7.69. The van der Waals surface area contributed by atoms with Gasteiger partial charge in [0.25, 0.3) is 0 Å². The van der Waals surface area contributed by atoms with Crippen LogP contribution in [0.25, 0.3) is 11.4 Å². The lowest BCUT2D eigenvalue weighted by Crippen LogP contribution is -2.28. The second-order valence-corrected chi connectivity index (χ2v) is 10.8. The molecule has 0 spiro atoms. The molecule has 204 valence electrons. The molecule has 1 fully saturated rings. The van der Waals surface area contributed by atoms with Gasteiger partial charge in [0.15, 0.2) is 12.0 Å². The number of alkyl halides is 1. The maximum atomic E-state index is 13.9. The Hall–Kier alpha value is -2.30. The Balaban J connectivity index is 1.38. The molecule has 1 heterocycles. The van der Waals surface area contributed by atoms with Crippen LogP contribution in [0.15, 0.2) is 36.7 Å². The predicted octanol–water partition coefficient (Wildman–Crippen LogP) is 8.92. The largest absolute Gasteiger partial charge is 0.460 e. The molecule has 3 rings (SSSR count). The number of halogens is 1. The number of hydrogen-bond acceptors (Lipinski definition) is 4. The van der Waals surface area contributed by atoms with E-state index in [1.807, 2.05) is 19.3 Å². The topological polar surface area (TPSA) is 52.1 Å². The van der Waals surface area contributed by atoms with Gasteiger partial charge >= 0.3 is 5.97 Å². The molecule has 5 heteroatoms. The number of ether oxygens (including phenoxy) is 1. The molecule has 1 atom stereocenters. The van der Waals surface area contributed by atoms with Gasteiger partial charge in [0, 0.05) is 18.0 Å². The molecule has 1 aliphatic rings. The van der Waals surface area contributed by atoms with Gasteiger partial charge in [-0.15, -0.1) is 0 Å². The van der Waals surface area contributed by atoms with E-state index in [0.29, 0.717) is 12.3 Å². The molecule has 0 unspecified atom stereocenters. The monoisotopic (exact) mass is 510 g/mol. The van der Waals surface area contributed by atoms with Gasteiger partial charge in [-0.2, -0.15) is 0 Å². The summed E-state index contributed by atoms with van der Waals surface area (Å²) in [7, 11) is 0. The van der Waals surface area contributed by atoms with Gasteiger partial charge in [0.1, 0.15) is 6.10 Å². The quantitative estimate of drug-likeness (QED) is 0.167. The second kappa shape index (κ2) is 16.5. The summed E-state index contributed by atoms with van der Waals surface area (Å²) >= 11 is 0. The van der Waals surface area contributed by atoms with Crippen LogP contribution in [-0.4, -0.2) is 28.2 Å². The Bertz CT molecular complexity index is 892. The molecule has 0 N–H and O–H groups in total. The lowest BCUT2D eigenvalue weighted by molar-refractivity contribution is -0.157.